The van der Waals surface area contributed by atoms with Crippen LogP contribution in [0.25, 0.3) is 66.7 Å². The van der Waals surface area contributed by atoms with Crippen LogP contribution in [-0.4, -0.2) is 24.6 Å². The van der Waals surface area contributed by atoms with Crippen molar-refractivity contribution in [2.24, 2.45) is 0 Å². The van der Waals surface area contributed by atoms with Gasteiger partial charge in [0.1, 0.15) is 11.6 Å². The van der Waals surface area contributed by atoms with Crippen molar-refractivity contribution >= 4 is 21.9 Å². The fourth-order valence-corrected chi connectivity index (χ4v) is 7.48. The van der Waals surface area contributed by atoms with Crippen molar-refractivity contribution in [3.63, 3.8) is 0 Å². The molecule has 7 aromatic rings. The summed E-state index contributed by atoms with van der Waals surface area (Å²) in [6, 6.07) is 31.6. The van der Waals surface area contributed by atoms with Crippen LogP contribution in [0.4, 0.5) is 0 Å². The molecule has 5 nitrogen and oxygen atoms in total. The Morgan fingerprint density at radius 1 is 0.582 bits per heavy atom. The number of aromatic hydroxyl groups is 1. The number of hydrogen-bond acceptors (Lipinski definition) is 4. The zero-order chi connectivity index (χ0) is 39.0. The molecule has 0 saturated heterocycles. The van der Waals surface area contributed by atoms with Gasteiger partial charge >= 0.3 is 0 Å². The molecule has 0 fully saturated rings. The second kappa shape index (κ2) is 14.2. The van der Waals surface area contributed by atoms with E-state index in [1.54, 1.807) is 6.07 Å². The number of fused-ring (bicyclic) bond motifs is 2. The zero-order valence-corrected chi connectivity index (χ0v) is 36.6. The molecule has 55 heavy (non-hydrogen) atoms. The predicted molar refractivity (Wildman–Crippen MR) is 226 cm³/mol. The molecule has 0 bridgehead atoms. The van der Waals surface area contributed by atoms with E-state index in [4.69, 9.17) is 9.97 Å². The Balaban J connectivity index is 0.00000514. The summed E-state index contributed by atoms with van der Waals surface area (Å²) in [4.78, 5) is 14.8. The average molecular weight is 909 g/mol. The molecule has 0 radical (unpaired) electrons. The van der Waals surface area contributed by atoms with Gasteiger partial charge in [0.05, 0.1) is 16.6 Å². The van der Waals surface area contributed by atoms with Gasteiger partial charge < -0.3 is 9.67 Å². The van der Waals surface area contributed by atoms with Gasteiger partial charge in [-0.15, -0.1) is 34.9 Å². The third-order valence-electron chi connectivity index (χ3n) is 10.4. The normalized spacial score (nSPS) is 12.7. The first-order chi connectivity index (χ1) is 25.2. The summed E-state index contributed by atoms with van der Waals surface area (Å²) in [6.07, 6.45) is 5.64. The monoisotopic (exact) mass is 908 g/mol. The van der Waals surface area contributed by atoms with Gasteiger partial charge in [0.2, 0.25) is 0 Å². The standard InChI is InChI=1S/C49H53N4O.Pt/c1-46(2,3)34-16-17-42(54)39(29-34)45-52-44-36(14-13-15-41(44)53(45)49(10,11)12)32-24-33(26-35(25-32)47(4,5)6)37-27-31(30-18-21-50-22-19-30)28-38-40(48(7,8)9)20-23-51-43(37)38;/h13-23,25-29,54H,1-12H3;/q-1;. The van der Waals surface area contributed by atoms with E-state index >= 15 is 0 Å². The molecule has 0 aliphatic rings. The smallest absolute Gasteiger partial charge is 0.144 e. The third-order valence-corrected chi connectivity index (χ3v) is 10.4. The van der Waals surface area contributed by atoms with Crippen LogP contribution in [0.3, 0.4) is 0 Å². The first-order valence-electron chi connectivity index (χ1n) is 19.0. The van der Waals surface area contributed by atoms with Crippen LogP contribution in [0.1, 0.15) is 99.8 Å². The summed E-state index contributed by atoms with van der Waals surface area (Å²) < 4.78 is 2.27. The first-order valence-corrected chi connectivity index (χ1v) is 19.0. The molecule has 0 atom stereocenters. The molecule has 0 amide bonds. The third kappa shape index (κ3) is 7.66. The number of para-hydroxylation sites is 1. The molecular formula is C49H53N4OPt-. The molecule has 7 rings (SSSR count). The maximum absolute atomic E-state index is 11.3. The summed E-state index contributed by atoms with van der Waals surface area (Å²) in [6.45, 7) is 26.7. The van der Waals surface area contributed by atoms with Crippen LogP contribution < -0.4 is 0 Å². The summed E-state index contributed by atoms with van der Waals surface area (Å²) >= 11 is 0. The molecule has 0 saturated carbocycles. The van der Waals surface area contributed by atoms with Crippen LogP contribution >= 0.6 is 0 Å². The summed E-state index contributed by atoms with van der Waals surface area (Å²) in [5.74, 6) is 0.965. The Kier molecular flexibility index (Phi) is 10.3. The van der Waals surface area contributed by atoms with E-state index in [2.05, 4.69) is 165 Å². The zero-order valence-electron chi connectivity index (χ0n) is 34.3. The van der Waals surface area contributed by atoms with E-state index in [0.29, 0.717) is 0 Å². The van der Waals surface area contributed by atoms with Gasteiger partial charge in [-0.1, -0.05) is 97.7 Å². The molecule has 1 N–H and O–H groups in total. The van der Waals surface area contributed by atoms with Crippen molar-refractivity contribution in [3.05, 3.63) is 120 Å². The molecule has 0 aliphatic heterocycles. The summed E-state index contributed by atoms with van der Waals surface area (Å²) in [5.41, 5.74) is 12.7. The number of hydrogen-bond donors (Lipinski definition) is 1. The van der Waals surface area contributed by atoms with Crippen molar-refractivity contribution in [1.82, 2.24) is 19.5 Å². The van der Waals surface area contributed by atoms with Crippen molar-refractivity contribution < 1.29 is 26.2 Å². The molecule has 4 aromatic carbocycles. The van der Waals surface area contributed by atoms with E-state index in [0.717, 1.165) is 72.3 Å². The van der Waals surface area contributed by atoms with Gasteiger partial charge in [-0.2, -0.15) is 0 Å². The SMILES string of the molecule is CC(C)(C)c1cc(-c2cc(-c3ccncc3)cc3c(C(C)(C)C)ccnc23)[c-]c(-c2cccc3c2nc(-c2cc(C(C)(C)C)ccc2O)n3C(C)(C)C)c1.[Pt]. The van der Waals surface area contributed by atoms with E-state index in [1.165, 1.54) is 11.1 Å². The number of aromatic nitrogens is 4. The van der Waals surface area contributed by atoms with E-state index < -0.39 is 0 Å². The number of rotatable bonds is 4. The number of imidazole rings is 1. The Bertz CT molecular complexity index is 2540. The largest absolute Gasteiger partial charge is 0.507 e. The average Bonchev–Trinajstić information content (AvgIpc) is 3.50. The second-order valence-corrected chi connectivity index (χ2v) is 18.8. The molecule has 286 valence electrons. The van der Waals surface area contributed by atoms with Gasteiger partial charge in [-0.3, -0.25) is 9.97 Å². The number of benzene rings is 4. The Morgan fingerprint density at radius 2 is 1.24 bits per heavy atom. The van der Waals surface area contributed by atoms with Crippen LogP contribution in [-0.2, 0) is 42.8 Å². The van der Waals surface area contributed by atoms with Crippen molar-refractivity contribution in [3.8, 4) is 50.5 Å². The Morgan fingerprint density at radius 3 is 1.85 bits per heavy atom. The van der Waals surface area contributed by atoms with Crippen molar-refractivity contribution in [2.75, 3.05) is 0 Å². The molecule has 3 heterocycles. The fourth-order valence-electron chi connectivity index (χ4n) is 7.48. The van der Waals surface area contributed by atoms with Crippen LogP contribution in [0.15, 0.2) is 97.5 Å². The first kappa shape index (κ1) is 40.1. The quantitative estimate of drug-likeness (QED) is 0.179. The molecule has 3 aromatic heterocycles. The minimum absolute atomic E-state index is 0. The Labute approximate surface area is 341 Å². The van der Waals surface area contributed by atoms with Crippen LogP contribution in [0.5, 0.6) is 5.75 Å². The minimum atomic E-state index is -0.322. The summed E-state index contributed by atoms with van der Waals surface area (Å²) in [5, 5.41) is 12.5. The summed E-state index contributed by atoms with van der Waals surface area (Å²) in [7, 11) is 0. The molecule has 0 unspecified atom stereocenters. The number of phenols is 1. The number of phenolic OH excluding ortho intramolecular Hbond substituents is 1. The van der Waals surface area contributed by atoms with Gasteiger partial charge in [0.15, 0.2) is 0 Å². The van der Waals surface area contributed by atoms with Gasteiger partial charge in [-0.25, -0.2) is 4.98 Å². The number of nitrogens with zero attached hydrogens (tertiary/aromatic N) is 4. The Hall–Kier alpha value is -4.60. The van der Waals surface area contributed by atoms with Gasteiger partial charge in [0.25, 0.3) is 0 Å². The van der Waals surface area contributed by atoms with E-state index in [-0.39, 0.29) is 48.6 Å². The van der Waals surface area contributed by atoms with E-state index in [9.17, 15) is 5.11 Å². The van der Waals surface area contributed by atoms with Crippen LogP contribution in [0.2, 0.25) is 0 Å². The maximum atomic E-state index is 11.3. The predicted octanol–water partition coefficient (Wildman–Crippen LogP) is 12.8. The minimum Gasteiger partial charge on any atom is -0.507 e. The number of pyridine rings is 2. The topological polar surface area (TPSA) is 63.8 Å². The van der Waals surface area contributed by atoms with Gasteiger partial charge in [0, 0.05) is 50.7 Å². The van der Waals surface area contributed by atoms with E-state index in [1.807, 2.05) is 24.7 Å². The van der Waals surface area contributed by atoms with Crippen molar-refractivity contribution in [1.29, 1.82) is 0 Å². The maximum Gasteiger partial charge on any atom is 0.144 e. The molecule has 6 heteroatoms. The van der Waals surface area contributed by atoms with Crippen molar-refractivity contribution in [2.45, 2.75) is 105 Å². The molecule has 0 aliphatic carbocycles. The van der Waals surface area contributed by atoms with Gasteiger partial charge in [-0.05, 0) is 107 Å². The second-order valence-electron chi connectivity index (χ2n) is 18.8. The molecule has 0 spiro atoms. The fraction of sp³-hybridized carbons (Fsp3) is 0.327. The van der Waals surface area contributed by atoms with Crippen LogP contribution in [0, 0.1) is 6.07 Å². The molecular weight excluding hydrogens is 856 g/mol.